The van der Waals surface area contributed by atoms with Crippen LogP contribution in [0, 0.1) is 16.7 Å². The summed E-state index contributed by atoms with van der Waals surface area (Å²) in [6, 6.07) is 7.90. The van der Waals surface area contributed by atoms with Crippen molar-refractivity contribution in [3.63, 3.8) is 0 Å². The molecule has 1 unspecified atom stereocenters. The van der Waals surface area contributed by atoms with Gasteiger partial charge in [-0.05, 0) is 42.5 Å². The van der Waals surface area contributed by atoms with E-state index in [9.17, 15) is 9.90 Å². The van der Waals surface area contributed by atoms with Crippen LogP contribution < -0.4 is 4.90 Å². The van der Waals surface area contributed by atoms with Gasteiger partial charge in [-0.25, -0.2) is 0 Å². The van der Waals surface area contributed by atoms with Crippen molar-refractivity contribution in [1.29, 1.82) is 0 Å². The Morgan fingerprint density at radius 2 is 1.87 bits per heavy atom. The number of aliphatic hydroxyl groups is 1. The summed E-state index contributed by atoms with van der Waals surface area (Å²) in [5.41, 5.74) is 1.44. The van der Waals surface area contributed by atoms with Gasteiger partial charge in [-0.2, -0.15) is 0 Å². The van der Waals surface area contributed by atoms with E-state index in [0.29, 0.717) is 12.3 Å². The number of hydrogen-bond acceptors (Lipinski definition) is 6. The van der Waals surface area contributed by atoms with E-state index < -0.39 is 6.10 Å². The van der Waals surface area contributed by atoms with E-state index in [1.165, 1.54) is 5.69 Å². The van der Waals surface area contributed by atoms with Crippen molar-refractivity contribution in [2.45, 2.75) is 39.7 Å². The number of rotatable bonds is 6. The summed E-state index contributed by atoms with van der Waals surface area (Å²) < 4.78 is 0. The molecule has 30 heavy (non-hydrogen) atoms. The summed E-state index contributed by atoms with van der Waals surface area (Å²) in [4.78, 5) is 22.7. The molecule has 0 aromatic heterocycles. The van der Waals surface area contributed by atoms with Crippen LogP contribution in [0.5, 0.6) is 0 Å². The Balaban J connectivity index is 1.24. The fourth-order valence-electron chi connectivity index (χ4n) is 5.34. The molecule has 7 heteroatoms. The topological polar surface area (TPSA) is 65.4 Å². The lowest BCUT2D eigenvalue weighted by Crippen LogP contribution is -2.49. The molecule has 0 spiro atoms. The Morgan fingerprint density at radius 1 is 1.20 bits per heavy atom. The number of oxime groups is 1. The molecule has 2 bridgehead atoms. The first-order valence-corrected chi connectivity index (χ1v) is 11.3. The summed E-state index contributed by atoms with van der Waals surface area (Å²) in [5.74, 6) is 0.174. The number of fused-ring (bicyclic) bond motifs is 2. The predicted molar refractivity (Wildman–Crippen MR) is 119 cm³/mol. The van der Waals surface area contributed by atoms with Gasteiger partial charge in [-0.1, -0.05) is 37.5 Å². The molecule has 2 saturated carbocycles. The van der Waals surface area contributed by atoms with Crippen LogP contribution in [0.2, 0.25) is 5.02 Å². The third-order valence-corrected chi connectivity index (χ3v) is 8.01. The Bertz CT molecular complexity index is 817. The van der Waals surface area contributed by atoms with Gasteiger partial charge in [0.05, 0.1) is 0 Å². The monoisotopic (exact) mass is 433 g/mol. The van der Waals surface area contributed by atoms with Gasteiger partial charge in [0.25, 0.3) is 0 Å². The number of piperazine rings is 1. The van der Waals surface area contributed by atoms with Gasteiger partial charge in [-0.3, -0.25) is 9.69 Å². The van der Waals surface area contributed by atoms with Crippen LogP contribution in [0.4, 0.5) is 5.69 Å². The van der Waals surface area contributed by atoms with Crippen LogP contribution in [0.25, 0.3) is 0 Å². The molecule has 1 saturated heterocycles. The maximum Gasteiger partial charge on any atom is 0.184 e. The number of halogens is 1. The van der Waals surface area contributed by atoms with Gasteiger partial charge in [0.1, 0.15) is 18.4 Å². The Labute approximate surface area is 183 Å². The molecule has 1 heterocycles. The Kier molecular flexibility index (Phi) is 5.86. The molecular weight excluding hydrogens is 402 g/mol. The predicted octanol–water partition coefficient (Wildman–Crippen LogP) is 3.22. The number of nitrogens with zero attached hydrogens (tertiary/aromatic N) is 3. The molecule has 2 aliphatic carbocycles. The second-order valence-electron chi connectivity index (χ2n) is 9.66. The first-order chi connectivity index (χ1) is 14.2. The fraction of sp³-hybridized carbons (Fsp3) is 0.652. The highest BCUT2D eigenvalue weighted by Gasteiger charge is 2.65. The molecule has 1 aliphatic heterocycles. The summed E-state index contributed by atoms with van der Waals surface area (Å²) in [6.45, 7) is 10.6. The number of carbonyl (C=O) groups excluding carboxylic acids is 1. The lowest BCUT2D eigenvalue weighted by Gasteiger charge is -2.36. The minimum absolute atomic E-state index is 0.0479. The van der Waals surface area contributed by atoms with E-state index in [2.05, 4.69) is 35.7 Å². The maximum atomic E-state index is 12.7. The second-order valence-corrected chi connectivity index (χ2v) is 10.1. The van der Waals surface area contributed by atoms with Crippen molar-refractivity contribution in [3.8, 4) is 0 Å². The number of anilines is 1. The molecule has 3 aliphatic rings. The minimum atomic E-state index is -0.633. The number of ketones is 1. The highest BCUT2D eigenvalue weighted by atomic mass is 35.5. The van der Waals surface area contributed by atoms with E-state index in [1.807, 2.05) is 24.3 Å². The molecule has 6 nitrogen and oxygen atoms in total. The zero-order chi connectivity index (χ0) is 21.5. The summed E-state index contributed by atoms with van der Waals surface area (Å²) in [6.07, 6.45) is 1.27. The average Bonchev–Trinajstić information content (AvgIpc) is 3.02. The van der Waals surface area contributed by atoms with Crippen LogP contribution in [0.1, 0.15) is 33.6 Å². The van der Waals surface area contributed by atoms with Crippen molar-refractivity contribution in [3.05, 3.63) is 29.3 Å². The molecule has 164 valence electrons. The normalized spacial score (nSPS) is 30.8. The Morgan fingerprint density at radius 3 is 2.47 bits per heavy atom. The number of hydrogen-bond donors (Lipinski definition) is 1. The van der Waals surface area contributed by atoms with Crippen molar-refractivity contribution in [2.24, 2.45) is 21.9 Å². The third-order valence-electron chi connectivity index (χ3n) is 7.75. The summed E-state index contributed by atoms with van der Waals surface area (Å²) in [5, 5.41) is 15.4. The molecular formula is C23H32ClN3O3. The van der Waals surface area contributed by atoms with E-state index in [0.717, 1.165) is 44.0 Å². The van der Waals surface area contributed by atoms with Crippen LogP contribution in [-0.4, -0.2) is 66.9 Å². The number of aliphatic hydroxyl groups excluding tert-OH is 1. The van der Waals surface area contributed by atoms with Gasteiger partial charge < -0.3 is 14.8 Å². The van der Waals surface area contributed by atoms with E-state index >= 15 is 0 Å². The van der Waals surface area contributed by atoms with Crippen molar-refractivity contribution in [2.75, 3.05) is 44.2 Å². The van der Waals surface area contributed by atoms with Crippen molar-refractivity contribution in [1.82, 2.24) is 4.90 Å². The highest BCUT2D eigenvalue weighted by molar-refractivity contribution is 6.45. The molecule has 4 rings (SSSR count). The SMILES string of the molecule is CC1(C)[C@H]2CC[C@]1(C)/C(=N/OCC(O)CN1CCN(c3ccc(Cl)cc3)CC1)C2=O. The van der Waals surface area contributed by atoms with Gasteiger partial charge in [0.2, 0.25) is 0 Å². The van der Waals surface area contributed by atoms with Gasteiger partial charge >= 0.3 is 0 Å². The quantitative estimate of drug-likeness (QED) is 0.698. The average molecular weight is 434 g/mol. The van der Waals surface area contributed by atoms with Crippen molar-refractivity contribution >= 4 is 28.8 Å². The molecule has 1 N–H and O–H groups in total. The molecule has 1 aromatic carbocycles. The van der Waals surface area contributed by atoms with E-state index in [-0.39, 0.29) is 29.1 Å². The van der Waals surface area contributed by atoms with Gasteiger partial charge in [0, 0.05) is 54.8 Å². The second kappa shape index (κ2) is 8.13. The first-order valence-electron chi connectivity index (χ1n) is 10.9. The van der Waals surface area contributed by atoms with E-state index in [4.69, 9.17) is 16.4 Å². The van der Waals surface area contributed by atoms with Crippen molar-refractivity contribution < 1.29 is 14.7 Å². The third kappa shape index (κ3) is 3.74. The highest BCUT2D eigenvalue weighted by Crippen LogP contribution is 2.62. The van der Waals surface area contributed by atoms with Crippen LogP contribution in [0.15, 0.2) is 29.4 Å². The molecule has 1 aromatic rings. The van der Waals surface area contributed by atoms with Gasteiger partial charge in [-0.15, -0.1) is 0 Å². The smallest absolute Gasteiger partial charge is 0.184 e. The fourth-order valence-corrected chi connectivity index (χ4v) is 5.47. The largest absolute Gasteiger partial charge is 0.393 e. The minimum Gasteiger partial charge on any atom is -0.393 e. The Hall–Kier alpha value is -1.63. The molecule has 3 atom stereocenters. The zero-order valence-corrected chi connectivity index (χ0v) is 18.9. The van der Waals surface area contributed by atoms with Crippen LogP contribution >= 0.6 is 11.6 Å². The molecule has 3 fully saturated rings. The zero-order valence-electron chi connectivity index (χ0n) is 18.1. The number of β-amino-alcohol motifs (C(OH)–C–C–N with tert-alkyl or cyclic N) is 1. The molecule has 0 radical (unpaired) electrons. The van der Waals surface area contributed by atoms with Crippen LogP contribution in [-0.2, 0) is 9.63 Å². The van der Waals surface area contributed by atoms with Crippen LogP contribution in [0.3, 0.4) is 0 Å². The number of Topliss-reactive ketones (excluding diaryl/α,β-unsaturated/α-hetero) is 1. The maximum absolute atomic E-state index is 12.7. The van der Waals surface area contributed by atoms with Gasteiger partial charge in [0.15, 0.2) is 5.78 Å². The summed E-state index contributed by atoms with van der Waals surface area (Å²) >= 11 is 5.97. The van der Waals surface area contributed by atoms with E-state index in [1.54, 1.807) is 0 Å². The molecule has 0 amide bonds. The number of benzene rings is 1. The lowest BCUT2D eigenvalue weighted by molar-refractivity contribution is -0.117. The number of carbonyl (C=O) groups is 1. The lowest BCUT2D eigenvalue weighted by atomic mass is 9.70. The standard InChI is InChI=1S/C23H32ClN3O3/c1-22(2)19-8-9-23(22,3)21(20(19)29)25-30-15-18(28)14-26-10-12-27(13-11-26)17-6-4-16(24)5-7-17/h4-7,18-19,28H,8-15H2,1-3H3/b25-21+/t18?,19-,23+/m0/s1. The summed E-state index contributed by atoms with van der Waals surface area (Å²) in [7, 11) is 0. The first kappa shape index (κ1) is 21.6.